The van der Waals surface area contributed by atoms with Gasteiger partial charge in [-0.3, -0.25) is 13.9 Å². The summed E-state index contributed by atoms with van der Waals surface area (Å²) in [7, 11) is 1.58. The lowest BCUT2D eigenvalue weighted by Gasteiger charge is -2.18. The van der Waals surface area contributed by atoms with Crippen LogP contribution in [0.4, 0.5) is 5.82 Å². The van der Waals surface area contributed by atoms with Gasteiger partial charge >= 0.3 is 5.69 Å². The van der Waals surface area contributed by atoms with Crippen LogP contribution in [-0.4, -0.2) is 31.7 Å². The van der Waals surface area contributed by atoms with E-state index in [1.165, 1.54) is 15.9 Å². The van der Waals surface area contributed by atoms with Crippen molar-refractivity contribution < 1.29 is 9.84 Å². The first-order valence-corrected chi connectivity index (χ1v) is 12.2. The third-order valence-electron chi connectivity index (χ3n) is 5.38. The number of aromatic nitrogens is 3. The maximum atomic E-state index is 12.9. The Balaban J connectivity index is 2.00. The molecule has 8 nitrogen and oxygen atoms in total. The average molecular weight is 505 g/mol. The van der Waals surface area contributed by atoms with Gasteiger partial charge in [0.2, 0.25) is 0 Å². The Labute approximate surface area is 207 Å². The van der Waals surface area contributed by atoms with Crippen molar-refractivity contribution in [2.75, 3.05) is 6.61 Å². The molecule has 0 fully saturated rings. The second-order valence-corrected chi connectivity index (χ2v) is 9.91. The Morgan fingerprint density at radius 2 is 1.97 bits per heavy atom. The Morgan fingerprint density at radius 3 is 2.59 bits per heavy atom. The lowest BCUT2D eigenvalue weighted by atomic mass is 10.0. The molecule has 34 heavy (non-hydrogen) atoms. The zero-order valence-electron chi connectivity index (χ0n) is 19.7. The number of aliphatic imine (C=N–C) groups is 1. The zero-order valence-corrected chi connectivity index (χ0v) is 21.3. The van der Waals surface area contributed by atoms with Crippen molar-refractivity contribution in [3.8, 4) is 0 Å². The molecular weight excluding hydrogens is 476 g/mol. The lowest BCUT2D eigenvalue weighted by molar-refractivity contribution is 0.270. The summed E-state index contributed by atoms with van der Waals surface area (Å²) in [5.74, 6) is 0.519. The molecule has 2 aromatic heterocycles. The van der Waals surface area contributed by atoms with Gasteiger partial charge in [0, 0.05) is 42.2 Å². The zero-order chi connectivity index (χ0) is 24.8. The number of ether oxygens (including phenoxy) is 1. The van der Waals surface area contributed by atoms with Crippen molar-refractivity contribution in [1.29, 1.82) is 0 Å². The van der Waals surface area contributed by atoms with E-state index in [9.17, 15) is 9.59 Å². The summed E-state index contributed by atoms with van der Waals surface area (Å²) in [5.41, 5.74) is 0.492. The van der Waals surface area contributed by atoms with Crippen LogP contribution in [0.15, 0.2) is 45.0 Å². The highest BCUT2D eigenvalue weighted by atomic mass is 35.5. The highest BCUT2D eigenvalue weighted by molar-refractivity contribution is 7.11. The van der Waals surface area contributed by atoms with E-state index in [2.05, 4.69) is 9.98 Å². The average Bonchev–Trinajstić information content (AvgIpc) is 3.23. The van der Waals surface area contributed by atoms with E-state index >= 15 is 0 Å². The predicted octanol–water partition coefficient (Wildman–Crippen LogP) is 3.78. The van der Waals surface area contributed by atoms with Crippen LogP contribution in [0.1, 0.15) is 34.4 Å². The molecule has 182 valence electrons. The van der Waals surface area contributed by atoms with Gasteiger partial charge in [-0.15, -0.1) is 11.3 Å². The minimum Gasteiger partial charge on any atom is -0.473 e. The summed E-state index contributed by atoms with van der Waals surface area (Å²) >= 11 is 7.55. The molecule has 0 saturated heterocycles. The topological polar surface area (TPSA) is 98.7 Å². The van der Waals surface area contributed by atoms with Crippen molar-refractivity contribution >= 4 is 34.7 Å². The number of aliphatic hydroxyl groups excluding tert-OH is 1. The number of hydrogen-bond acceptors (Lipinski definition) is 7. The van der Waals surface area contributed by atoms with Crippen LogP contribution in [0.25, 0.3) is 0 Å². The first kappa shape index (κ1) is 25.9. The van der Waals surface area contributed by atoms with E-state index in [-0.39, 0.29) is 31.5 Å². The van der Waals surface area contributed by atoms with E-state index in [1.54, 1.807) is 20.2 Å². The number of benzene rings is 1. The Kier molecular flexibility index (Phi) is 8.82. The molecule has 0 amide bonds. The number of aryl methyl sites for hydroxylation is 1. The number of aliphatic hydroxyl groups is 1. The van der Waals surface area contributed by atoms with Crippen LogP contribution in [-0.2, 0) is 31.4 Å². The molecule has 1 atom stereocenters. The third-order valence-corrected chi connectivity index (χ3v) is 6.52. The van der Waals surface area contributed by atoms with Gasteiger partial charge in [0.05, 0.1) is 5.56 Å². The van der Waals surface area contributed by atoms with Crippen LogP contribution >= 0.6 is 22.9 Å². The fourth-order valence-electron chi connectivity index (χ4n) is 3.55. The van der Waals surface area contributed by atoms with Crippen LogP contribution in [0.3, 0.4) is 0 Å². The maximum Gasteiger partial charge on any atom is 0.332 e. The van der Waals surface area contributed by atoms with E-state index in [0.717, 1.165) is 20.0 Å². The van der Waals surface area contributed by atoms with Gasteiger partial charge in [0.25, 0.3) is 5.56 Å². The fraction of sp³-hybridized carbons (Fsp3) is 0.417. The molecule has 1 unspecified atom stereocenters. The van der Waals surface area contributed by atoms with E-state index in [1.807, 2.05) is 38.1 Å². The molecule has 1 aromatic carbocycles. The standard InChI is InChI=1S/C24H29ClN4O4S/c1-15(12-18-6-8-19(25)9-7-18)22(33-14-20-26-13-16(2)34-20)27-21-17(3)23(31)29(10-5-11-30)24(32)28(21)4/h6-9,13,15,30H,5,10-12,14H2,1-4H3/b27-22+. The fourth-order valence-corrected chi connectivity index (χ4v) is 4.37. The molecule has 0 bridgehead atoms. The summed E-state index contributed by atoms with van der Waals surface area (Å²) in [4.78, 5) is 35.8. The van der Waals surface area contributed by atoms with Gasteiger partial charge in [0.1, 0.15) is 17.4 Å². The number of thiazole rings is 1. The van der Waals surface area contributed by atoms with Crippen molar-refractivity contribution in [2.24, 2.45) is 18.0 Å². The number of rotatable bonds is 9. The van der Waals surface area contributed by atoms with Crippen molar-refractivity contribution in [2.45, 2.75) is 46.8 Å². The molecule has 3 rings (SSSR count). The molecule has 0 aliphatic carbocycles. The predicted molar refractivity (Wildman–Crippen MR) is 135 cm³/mol. The van der Waals surface area contributed by atoms with Gasteiger partial charge in [-0.25, -0.2) is 9.78 Å². The molecule has 0 radical (unpaired) electrons. The number of halogens is 1. The minimum absolute atomic E-state index is 0.106. The smallest absolute Gasteiger partial charge is 0.332 e. The number of nitrogens with zero attached hydrogens (tertiary/aromatic N) is 4. The van der Waals surface area contributed by atoms with Crippen LogP contribution in [0, 0.1) is 19.8 Å². The van der Waals surface area contributed by atoms with Crippen molar-refractivity contribution in [3.63, 3.8) is 0 Å². The van der Waals surface area contributed by atoms with Crippen molar-refractivity contribution in [3.05, 3.63) is 77.3 Å². The molecular formula is C24H29ClN4O4S. The highest BCUT2D eigenvalue weighted by Gasteiger charge is 2.19. The lowest BCUT2D eigenvalue weighted by Crippen LogP contribution is -2.40. The second-order valence-electron chi connectivity index (χ2n) is 8.16. The Morgan fingerprint density at radius 1 is 1.26 bits per heavy atom. The van der Waals surface area contributed by atoms with Gasteiger partial charge in [-0.05, 0) is 44.4 Å². The summed E-state index contributed by atoms with van der Waals surface area (Å²) in [5, 5.41) is 10.6. The Bertz CT molecular complexity index is 1240. The maximum absolute atomic E-state index is 12.9. The first-order chi connectivity index (χ1) is 16.2. The highest BCUT2D eigenvalue weighted by Crippen LogP contribution is 2.21. The first-order valence-electron chi connectivity index (χ1n) is 11.0. The van der Waals surface area contributed by atoms with E-state index in [0.29, 0.717) is 29.3 Å². The summed E-state index contributed by atoms with van der Waals surface area (Å²) < 4.78 is 8.58. The van der Waals surface area contributed by atoms with E-state index in [4.69, 9.17) is 21.4 Å². The molecule has 3 aromatic rings. The summed E-state index contributed by atoms with van der Waals surface area (Å²) in [6.45, 7) is 5.88. The largest absolute Gasteiger partial charge is 0.473 e. The Hall–Kier alpha value is -2.75. The summed E-state index contributed by atoms with van der Waals surface area (Å²) in [6, 6.07) is 7.56. The summed E-state index contributed by atoms with van der Waals surface area (Å²) in [6.07, 6.45) is 2.74. The molecule has 0 spiro atoms. The molecule has 10 heteroatoms. The molecule has 0 aliphatic heterocycles. The van der Waals surface area contributed by atoms with Crippen LogP contribution in [0.2, 0.25) is 5.02 Å². The minimum atomic E-state index is -0.483. The van der Waals surface area contributed by atoms with E-state index < -0.39 is 11.2 Å². The molecule has 0 aliphatic rings. The third kappa shape index (κ3) is 6.22. The van der Waals surface area contributed by atoms with Crippen LogP contribution in [0.5, 0.6) is 0 Å². The van der Waals surface area contributed by atoms with Gasteiger partial charge in [-0.1, -0.05) is 30.7 Å². The van der Waals surface area contributed by atoms with Gasteiger partial charge in [0.15, 0.2) is 5.90 Å². The van der Waals surface area contributed by atoms with Crippen molar-refractivity contribution in [1.82, 2.24) is 14.1 Å². The molecule has 0 saturated carbocycles. The quantitative estimate of drug-likeness (QED) is 0.353. The normalized spacial score (nSPS) is 12.7. The monoisotopic (exact) mass is 504 g/mol. The SMILES string of the molecule is Cc1cnc(CO/C(=N/c2c(C)c(=O)n(CCCO)c(=O)n2C)C(C)Cc2ccc(Cl)cc2)s1. The molecule has 2 heterocycles. The number of hydrogen-bond donors (Lipinski definition) is 1. The van der Waals surface area contributed by atoms with Gasteiger partial charge in [-0.2, -0.15) is 4.99 Å². The second kappa shape index (κ2) is 11.6. The van der Waals surface area contributed by atoms with Crippen LogP contribution < -0.4 is 11.2 Å². The molecule has 1 N–H and O–H groups in total. The van der Waals surface area contributed by atoms with Gasteiger partial charge < -0.3 is 9.84 Å².